The summed E-state index contributed by atoms with van der Waals surface area (Å²) in [5.41, 5.74) is 0. The van der Waals surface area contributed by atoms with Crippen LogP contribution >= 0.6 is 0 Å². The van der Waals surface area contributed by atoms with Crippen LogP contribution in [0.3, 0.4) is 0 Å². The number of fused-ring (bicyclic) bond motifs is 1. The van der Waals surface area contributed by atoms with Crippen molar-refractivity contribution < 1.29 is 9.90 Å². The van der Waals surface area contributed by atoms with Crippen molar-refractivity contribution in [2.24, 2.45) is 5.92 Å². The van der Waals surface area contributed by atoms with Crippen molar-refractivity contribution in [3.63, 3.8) is 0 Å². The van der Waals surface area contributed by atoms with Gasteiger partial charge in [-0.2, -0.15) is 0 Å². The van der Waals surface area contributed by atoms with Gasteiger partial charge < -0.3 is 14.6 Å². The lowest BCUT2D eigenvalue weighted by molar-refractivity contribution is -0.142. The first-order valence-electron chi connectivity index (χ1n) is 6.48. The zero-order valence-corrected chi connectivity index (χ0v) is 10.5. The molecule has 1 fully saturated rings. The molecule has 1 saturated heterocycles. The molecule has 0 amide bonds. The van der Waals surface area contributed by atoms with E-state index in [1.54, 1.807) is 0 Å². The van der Waals surface area contributed by atoms with Crippen LogP contribution in [0.15, 0.2) is 0 Å². The Hall–Kier alpha value is -1.43. The fourth-order valence-electron chi connectivity index (χ4n) is 3.01. The maximum Gasteiger partial charge on any atom is 0.307 e. The number of carbonyl (C=O) groups is 1. The molecule has 0 bridgehead atoms. The number of likely N-dealkylation sites (N-methyl/N-ethyl adjacent to an activating group) is 1. The highest BCUT2D eigenvalue weighted by atomic mass is 16.4. The van der Waals surface area contributed by atoms with Gasteiger partial charge in [0, 0.05) is 25.4 Å². The lowest BCUT2D eigenvalue weighted by Crippen LogP contribution is -2.27. The highest BCUT2D eigenvalue weighted by Gasteiger charge is 2.31. The number of nitrogens with zero attached hydrogens (tertiary/aromatic N) is 4. The molecular formula is C12H18N4O2. The lowest BCUT2D eigenvalue weighted by Gasteiger charge is -2.21. The Labute approximate surface area is 106 Å². The van der Waals surface area contributed by atoms with Crippen LogP contribution in [0.1, 0.15) is 30.4 Å². The molecule has 6 nitrogen and oxygen atoms in total. The second-order valence-electron chi connectivity index (χ2n) is 5.40. The molecule has 6 heteroatoms. The molecule has 0 radical (unpaired) electrons. The second-order valence-corrected chi connectivity index (χ2v) is 5.40. The predicted molar refractivity (Wildman–Crippen MR) is 64.3 cm³/mol. The van der Waals surface area contributed by atoms with Gasteiger partial charge in [-0.3, -0.25) is 4.79 Å². The Morgan fingerprint density at radius 2 is 2.17 bits per heavy atom. The average molecular weight is 250 g/mol. The van der Waals surface area contributed by atoms with E-state index in [-0.39, 0.29) is 5.92 Å². The minimum absolute atomic E-state index is 0.291. The molecule has 3 rings (SSSR count). The molecule has 2 aliphatic rings. The monoisotopic (exact) mass is 250 g/mol. The van der Waals surface area contributed by atoms with Crippen LogP contribution in [-0.4, -0.2) is 50.9 Å². The minimum Gasteiger partial charge on any atom is -0.481 e. The van der Waals surface area contributed by atoms with Gasteiger partial charge in [-0.25, -0.2) is 0 Å². The topological polar surface area (TPSA) is 71.2 Å². The first-order valence-corrected chi connectivity index (χ1v) is 6.48. The Morgan fingerprint density at radius 1 is 1.33 bits per heavy atom. The van der Waals surface area contributed by atoms with Crippen molar-refractivity contribution in [3.8, 4) is 0 Å². The summed E-state index contributed by atoms with van der Waals surface area (Å²) in [4.78, 5) is 13.3. The van der Waals surface area contributed by atoms with Crippen molar-refractivity contribution in [2.45, 2.75) is 31.7 Å². The van der Waals surface area contributed by atoms with E-state index in [4.69, 9.17) is 5.11 Å². The van der Waals surface area contributed by atoms with Crippen LogP contribution in [0.2, 0.25) is 0 Å². The number of hydrogen-bond donors (Lipinski definition) is 1. The van der Waals surface area contributed by atoms with Gasteiger partial charge in [-0.1, -0.05) is 0 Å². The van der Waals surface area contributed by atoms with Crippen LogP contribution in [0.4, 0.5) is 0 Å². The number of aliphatic carboxylic acids is 1. The fraction of sp³-hybridized carbons (Fsp3) is 0.750. The van der Waals surface area contributed by atoms with Crippen molar-refractivity contribution in [1.82, 2.24) is 19.7 Å². The van der Waals surface area contributed by atoms with Gasteiger partial charge in [-0.05, 0) is 26.4 Å². The Bertz CT molecular complexity index is 471. The largest absolute Gasteiger partial charge is 0.481 e. The second kappa shape index (κ2) is 4.35. The lowest BCUT2D eigenvalue weighted by atomic mass is 9.97. The van der Waals surface area contributed by atoms with Crippen LogP contribution in [-0.2, 0) is 17.8 Å². The third-order valence-electron chi connectivity index (χ3n) is 4.09. The number of likely N-dealkylation sites (tertiary alicyclic amines) is 1. The van der Waals surface area contributed by atoms with Crippen molar-refractivity contribution >= 4 is 5.97 Å². The SMILES string of the molecule is CN1CCC(c2nnc3n2CCC(C(=O)O)C3)C1. The van der Waals surface area contributed by atoms with E-state index in [2.05, 4.69) is 26.7 Å². The molecule has 2 aliphatic heterocycles. The molecule has 2 atom stereocenters. The summed E-state index contributed by atoms with van der Waals surface area (Å²) in [7, 11) is 2.12. The summed E-state index contributed by atoms with van der Waals surface area (Å²) in [5, 5.41) is 17.5. The molecule has 98 valence electrons. The molecule has 0 spiro atoms. The third-order valence-corrected chi connectivity index (χ3v) is 4.09. The van der Waals surface area contributed by atoms with Gasteiger partial charge in [0.05, 0.1) is 5.92 Å². The van der Waals surface area contributed by atoms with Crippen LogP contribution < -0.4 is 0 Å². The van der Waals surface area contributed by atoms with E-state index in [0.29, 0.717) is 18.8 Å². The maximum atomic E-state index is 11.0. The highest BCUT2D eigenvalue weighted by Crippen LogP contribution is 2.28. The van der Waals surface area contributed by atoms with Gasteiger partial charge in [-0.15, -0.1) is 10.2 Å². The molecule has 0 aliphatic carbocycles. The van der Waals surface area contributed by atoms with E-state index in [1.807, 2.05) is 0 Å². The van der Waals surface area contributed by atoms with E-state index in [0.717, 1.165) is 37.7 Å². The quantitative estimate of drug-likeness (QED) is 0.819. The first-order chi connectivity index (χ1) is 8.65. The number of carboxylic acid groups (broad SMARTS) is 1. The molecule has 0 saturated carbocycles. The number of aromatic nitrogens is 3. The molecule has 1 N–H and O–H groups in total. The van der Waals surface area contributed by atoms with E-state index in [9.17, 15) is 4.79 Å². The zero-order valence-electron chi connectivity index (χ0n) is 10.5. The van der Waals surface area contributed by atoms with Gasteiger partial charge in [0.1, 0.15) is 11.6 Å². The van der Waals surface area contributed by atoms with Crippen LogP contribution in [0.5, 0.6) is 0 Å². The summed E-state index contributed by atoms with van der Waals surface area (Å²) in [6, 6.07) is 0. The third kappa shape index (κ3) is 1.90. The molecular weight excluding hydrogens is 232 g/mol. The summed E-state index contributed by atoms with van der Waals surface area (Å²) < 4.78 is 2.14. The number of carboxylic acids is 1. The number of hydrogen-bond acceptors (Lipinski definition) is 4. The Morgan fingerprint density at radius 3 is 2.83 bits per heavy atom. The van der Waals surface area contributed by atoms with E-state index in [1.165, 1.54) is 0 Å². The van der Waals surface area contributed by atoms with Crippen LogP contribution in [0.25, 0.3) is 0 Å². The average Bonchev–Trinajstić information content (AvgIpc) is 2.93. The van der Waals surface area contributed by atoms with Gasteiger partial charge in [0.25, 0.3) is 0 Å². The molecule has 1 aromatic rings. The first kappa shape index (κ1) is 11.6. The minimum atomic E-state index is -0.716. The highest BCUT2D eigenvalue weighted by molar-refractivity contribution is 5.70. The van der Waals surface area contributed by atoms with Crippen molar-refractivity contribution in [1.29, 1.82) is 0 Å². The molecule has 0 aromatic carbocycles. The van der Waals surface area contributed by atoms with Gasteiger partial charge in [0.2, 0.25) is 0 Å². The molecule has 2 unspecified atom stereocenters. The molecule has 3 heterocycles. The molecule has 18 heavy (non-hydrogen) atoms. The predicted octanol–water partition coefficient (Wildman–Crippen LogP) is 0.344. The van der Waals surface area contributed by atoms with E-state index >= 15 is 0 Å². The smallest absolute Gasteiger partial charge is 0.307 e. The van der Waals surface area contributed by atoms with Crippen molar-refractivity contribution in [2.75, 3.05) is 20.1 Å². The van der Waals surface area contributed by atoms with Gasteiger partial charge in [0.15, 0.2) is 0 Å². The van der Waals surface area contributed by atoms with Crippen molar-refractivity contribution in [3.05, 3.63) is 11.6 Å². The summed E-state index contributed by atoms with van der Waals surface area (Å²) in [6.45, 7) is 2.87. The normalized spacial score (nSPS) is 28.3. The van der Waals surface area contributed by atoms with Gasteiger partial charge >= 0.3 is 5.97 Å². The van der Waals surface area contributed by atoms with Crippen LogP contribution in [0, 0.1) is 5.92 Å². The Kier molecular flexibility index (Phi) is 2.81. The fourth-order valence-corrected chi connectivity index (χ4v) is 3.01. The van der Waals surface area contributed by atoms with E-state index < -0.39 is 5.97 Å². The summed E-state index contributed by atoms with van der Waals surface area (Å²) in [5.74, 6) is 1.35. The molecule has 1 aromatic heterocycles. The number of rotatable bonds is 2. The Balaban J connectivity index is 1.82. The summed E-state index contributed by atoms with van der Waals surface area (Å²) >= 11 is 0. The summed E-state index contributed by atoms with van der Waals surface area (Å²) in [6.07, 6.45) is 2.33. The zero-order chi connectivity index (χ0) is 12.7. The maximum absolute atomic E-state index is 11.0. The standard InChI is InChI=1S/C12H18N4O2/c1-15-4-2-9(7-15)11-14-13-10-6-8(12(17)18)3-5-16(10)11/h8-9H,2-7H2,1H3,(H,17,18).